The number of pyridine rings is 1. The highest BCUT2D eigenvalue weighted by atomic mass is 35.5. The van der Waals surface area contributed by atoms with Gasteiger partial charge in [0.15, 0.2) is 0 Å². The Labute approximate surface area is 81.7 Å². The lowest BCUT2D eigenvalue weighted by atomic mass is 10.1. The van der Waals surface area contributed by atoms with E-state index >= 15 is 0 Å². The summed E-state index contributed by atoms with van der Waals surface area (Å²) in [6.07, 6.45) is 1.43. The van der Waals surface area contributed by atoms with Crippen molar-refractivity contribution in [1.82, 2.24) is 4.98 Å². The number of aryl methyl sites for hydroxylation is 1. The first-order valence-electron chi connectivity index (χ1n) is 3.78. The number of hydrogen-bond donors (Lipinski definition) is 0. The van der Waals surface area contributed by atoms with E-state index in [1.807, 2.05) is 13.8 Å². The number of carbonyl (C=O) groups is 1. The van der Waals surface area contributed by atoms with Gasteiger partial charge in [0, 0.05) is 11.9 Å². The molecule has 0 unspecified atom stereocenters. The summed E-state index contributed by atoms with van der Waals surface area (Å²) in [5.74, 6) is -0.458. The van der Waals surface area contributed by atoms with Gasteiger partial charge in [-0.25, -0.2) is 4.79 Å². The molecule has 0 spiro atoms. The number of hydrogen-bond acceptors (Lipinski definition) is 3. The summed E-state index contributed by atoms with van der Waals surface area (Å²) >= 11 is 5.93. The van der Waals surface area contributed by atoms with Crippen LogP contribution in [0.2, 0.25) is 5.02 Å². The van der Waals surface area contributed by atoms with Crippen molar-refractivity contribution in [3.8, 4) is 0 Å². The Morgan fingerprint density at radius 3 is 2.69 bits per heavy atom. The number of esters is 1. The molecule has 0 N–H and O–H groups in total. The van der Waals surface area contributed by atoms with E-state index in [2.05, 4.69) is 9.72 Å². The van der Waals surface area contributed by atoms with Crippen LogP contribution in [0.4, 0.5) is 0 Å². The number of methoxy groups -OCH3 is 1. The molecule has 13 heavy (non-hydrogen) atoms. The molecule has 0 fully saturated rings. The van der Waals surface area contributed by atoms with Crippen LogP contribution in [-0.2, 0) is 4.74 Å². The van der Waals surface area contributed by atoms with Crippen LogP contribution < -0.4 is 0 Å². The average Bonchev–Trinajstić information content (AvgIpc) is 2.13. The van der Waals surface area contributed by atoms with Gasteiger partial charge in [-0.15, -0.1) is 0 Å². The smallest absolute Gasteiger partial charge is 0.340 e. The molecule has 4 heteroatoms. The molecule has 3 nitrogen and oxygen atoms in total. The van der Waals surface area contributed by atoms with Gasteiger partial charge in [-0.1, -0.05) is 11.6 Å². The Balaban J connectivity index is 3.26. The minimum absolute atomic E-state index is 0.312. The predicted octanol–water partition coefficient (Wildman–Crippen LogP) is 2.14. The van der Waals surface area contributed by atoms with Crippen LogP contribution in [0.3, 0.4) is 0 Å². The van der Waals surface area contributed by atoms with Crippen molar-refractivity contribution in [3.05, 3.63) is 28.0 Å². The van der Waals surface area contributed by atoms with E-state index < -0.39 is 5.97 Å². The van der Waals surface area contributed by atoms with Gasteiger partial charge in [0.05, 0.1) is 17.7 Å². The summed E-state index contributed by atoms with van der Waals surface area (Å²) < 4.78 is 4.55. The highest BCUT2D eigenvalue weighted by Gasteiger charge is 2.13. The van der Waals surface area contributed by atoms with Crippen molar-refractivity contribution in [2.45, 2.75) is 13.8 Å². The minimum atomic E-state index is -0.458. The van der Waals surface area contributed by atoms with Crippen LogP contribution in [0.1, 0.15) is 21.6 Å². The molecule has 0 aliphatic rings. The van der Waals surface area contributed by atoms with E-state index in [0.717, 1.165) is 11.3 Å². The Bertz CT molecular complexity index is 350. The predicted molar refractivity (Wildman–Crippen MR) is 50.1 cm³/mol. The zero-order chi connectivity index (χ0) is 10.0. The van der Waals surface area contributed by atoms with Crippen molar-refractivity contribution >= 4 is 17.6 Å². The first kappa shape index (κ1) is 9.99. The zero-order valence-corrected chi connectivity index (χ0v) is 8.47. The Kier molecular flexibility index (Phi) is 2.88. The van der Waals surface area contributed by atoms with Crippen molar-refractivity contribution in [3.63, 3.8) is 0 Å². The van der Waals surface area contributed by atoms with Gasteiger partial charge in [0.1, 0.15) is 0 Å². The fourth-order valence-electron chi connectivity index (χ4n) is 0.928. The molecule has 0 radical (unpaired) electrons. The molecule has 0 aliphatic heterocycles. The summed E-state index contributed by atoms with van der Waals surface area (Å²) in [5.41, 5.74) is 1.94. The third-order valence-electron chi connectivity index (χ3n) is 1.90. The Morgan fingerprint density at radius 1 is 1.54 bits per heavy atom. The monoisotopic (exact) mass is 199 g/mol. The summed E-state index contributed by atoms with van der Waals surface area (Å²) in [5, 5.41) is 0.416. The molecule has 0 saturated heterocycles. The lowest BCUT2D eigenvalue weighted by Crippen LogP contribution is -2.05. The molecular formula is C9H10ClNO2. The normalized spacial score (nSPS) is 9.85. The fraction of sp³-hybridized carbons (Fsp3) is 0.333. The van der Waals surface area contributed by atoms with E-state index in [9.17, 15) is 4.79 Å². The van der Waals surface area contributed by atoms with E-state index in [1.54, 1.807) is 0 Å². The second-order valence-corrected chi connectivity index (χ2v) is 3.07. The second kappa shape index (κ2) is 3.75. The first-order valence-corrected chi connectivity index (χ1v) is 4.15. The SMILES string of the molecule is COC(=O)c1cnc(C)c(C)c1Cl. The molecule has 1 aromatic rings. The average molecular weight is 200 g/mol. The highest BCUT2D eigenvalue weighted by Crippen LogP contribution is 2.22. The molecule has 0 atom stereocenters. The quantitative estimate of drug-likeness (QED) is 0.651. The van der Waals surface area contributed by atoms with Crippen molar-refractivity contribution in [2.24, 2.45) is 0 Å². The van der Waals surface area contributed by atoms with Gasteiger partial charge in [0.25, 0.3) is 0 Å². The van der Waals surface area contributed by atoms with Crippen molar-refractivity contribution in [1.29, 1.82) is 0 Å². The largest absolute Gasteiger partial charge is 0.465 e. The van der Waals surface area contributed by atoms with Gasteiger partial charge in [-0.2, -0.15) is 0 Å². The van der Waals surface area contributed by atoms with Crippen molar-refractivity contribution < 1.29 is 9.53 Å². The number of halogens is 1. The fourth-order valence-corrected chi connectivity index (χ4v) is 1.19. The third-order valence-corrected chi connectivity index (χ3v) is 2.39. The second-order valence-electron chi connectivity index (χ2n) is 2.69. The van der Waals surface area contributed by atoms with Crippen LogP contribution in [-0.4, -0.2) is 18.1 Å². The van der Waals surface area contributed by atoms with Gasteiger partial charge in [0.2, 0.25) is 0 Å². The number of nitrogens with zero attached hydrogens (tertiary/aromatic N) is 1. The van der Waals surface area contributed by atoms with Gasteiger partial charge in [-0.05, 0) is 19.4 Å². The molecule has 1 rings (SSSR count). The third kappa shape index (κ3) is 1.80. The zero-order valence-electron chi connectivity index (χ0n) is 7.72. The standard InChI is InChI=1S/C9H10ClNO2/c1-5-6(2)11-4-7(8(5)10)9(12)13-3/h4H,1-3H3. The number of aromatic nitrogens is 1. The Hall–Kier alpha value is -1.09. The van der Waals surface area contributed by atoms with E-state index in [1.165, 1.54) is 13.3 Å². The summed E-state index contributed by atoms with van der Waals surface area (Å²) in [6.45, 7) is 3.65. The molecule has 1 heterocycles. The molecule has 0 aliphatic carbocycles. The maximum Gasteiger partial charge on any atom is 0.340 e. The Morgan fingerprint density at radius 2 is 2.15 bits per heavy atom. The van der Waals surface area contributed by atoms with E-state index in [0.29, 0.717) is 10.6 Å². The van der Waals surface area contributed by atoms with Gasteiger partial charge < -0.3 is 4.74 Å². The lowest BCUT2D eigenvalue weighted by molar-refractivity contribution is 0.0600. The van der Waals surface area contributed by atoms with E-state index in [-0.39, 0.29) is 0 Å². The topological polar surface area (TPSA) is 39.2 Å². The summed E-state index contributed by atoms with van der Waals surface area (Å²) in [4.78, 5) is 15.2. The van der Waals surface area contributed by atoms with Gasteiger partial charge >= 0.3 is 5.97 Å². The molecule has 0 amide bonds. The first-order chi connectivity index (χ1) is 6.07. The highest BCUT2D eigenvalue weighted by molar-refractivity contribution is 6.34. The van der Waals surface area contributed by atoms with Gasteiger partial charge in [-0.3, -0.25) is 4.98 Å². The maximum atomic E-state index is 11.2. The lowest BCUT2D eigenvalue weighted by Gasteiger charge is -2.06. The number of rotatable bonds is 1. The molecule has 0 bridgehead atoms. The van der Waals surface area contributed by atoms with Crippen LogP contribution in [0, 0.1) is 13.8 Å². The minimum Gasteiger partial charge on any atom is -0.465 e. The molecule has 70 valence electrons. The summed E-state index contributed by atoms with van der Waals surface area (Å²) in [6, 6.07) is 0. The van der Waals surface area contributed by atoms with Crippen LogP contribution in [0.15, 0.2) is 6.20 Å². The molecule has 1 aromatic heterocycles. The number of ether oxygens (including phenoxy) is 1. The van der Waals surface area contributed by atoms with Crippen LogP contribution in [0.5, 0.6) is 0 Å². The van der Waals surface area contributed by atoms with E-state index in [4.69, 9.17) is 11.6 Å². The van der Waals surface area contributed by atoms with Crippen LogP contribution in [0.25, 0.3) is 0 Å². The van der Waals surface area contributed by atoms with Crippen molar-refractivity contribution in [2.75, 3.05) is 7.11 Å². The summed E-state index contributed by atoms with van der Waals surface area (Å²) in [7, 11) is 1.31. The molecule has 0 aromatic carbocycles. The molecule has 0 saturated carbocycles. The maximum absolute atomic E-state index is 11.2. The molecular weight excluding hydrogens is 190 g/mol. The van der Waals surface area contributed by atoms with Crippen LogP contribution >= 0.6 is 11.6 Å². The number of carbonyl (C=O) groups excluding carboxylic acids is 1.